The van der Waals surface area contributed by atoms with Crippen molar-refractivity contribution < 1.29 is 28.6 Å². The number of carbonyl (C=O) groups excluding carboxylic acids is 2. The molecule has 2 aliphatic rings. The number of methoxy groups -OCH3 is 1. The highest BCUT2D eigenvalue weighted by Gasteiger charge is 2.46. The topological polar surface area (TPSA) is 92.2 Å². The van der Waals surface area contributed by atoms with Gasteiger partial charge in [-0.1, -0.05) is 0 Å². The second-order valence-electron chi connectivity index (χ2n) is 7.57. The average molecular weight is 441 g/mol. The van der Waals surface area contributed by atoms with Gasteiger partial charge in [0.15, 0.2) is 0 Å². The van der Waals surface area contributed by atoms with E-state index in [0.29, 0.717) is 25.3 Å². The smallest absolute Gasteiger partial charge is 0.295 e. The van der Waals surface area contributed by atoms with E-state index in [0.717, 1.165) is 19.2 Å². The van der Waals surface area contributed by atoms with Gasteiger partial charge in [-0.2, -0.15) is 0 Å². The molecule has 2 aromatic rings. The van der Waals surface area contributed by atoms with Crippen LogP contribution in [-0.4, -0.2) is 78.1 Å². The third kappa shape index (κ3) is 4.21. The summed E-state index contributed by atoms with van der Waals surface area (Å²) in [6.07, 6.45) is 3.11. The van der Waals surface area contributed by atoms with Crippen molar-refractivity contribution in [3.63, 3.8) is 0 Å². The molecular formula is C23H24FN3O5. The van der Waals surface area contributed by atoms with E-state index in [9.17, 15) is 19.1 Å². The van der Waals surface area contributed by atoms with Crippen LogP contribution in [-0.2, 0) is 14.3 Å². The van der Waals surface area contributed by atoms with E-state index in [1.54, 1.807) is 24.5 Å². The number of benzene rings is 1. The van der Waals surface area contributed by atoms with Gasteiger partial charge in [0.05, 0.1) is 37.5 Å². The monoisotopic (exact) mass is 441 g/mol. The minimum Gasteiger partial charge on any atom is -0.507 e. The maximum Gasteiger partial charge on any atom is 0.295 e. The SMILES string of the molecule is COc1ccc(F)cc1C(O)=C1C(=O)C(=O)N(CCN2CCOCC2)[C@@H]1c1ccncc1. The summed E-state index contributed by atoms with van der Waals surface area (Å²) < 4.78 is 24.6. The molecule has 2 saturated heterocycles. The van der Waals surface area contributed by atoms with Crippen LogP contribution in [0.5, 0.6) is 5.75 Å². The summed E-state index contributed by atoms with van der Waals surface area (Å²) in [6.45, 7) is 3.56. The predicted octanol–water partition coefficient (Wildman–Crippen LogP) is 1.98. The Labute approximate surface area is 184 Å². The summed E-state index contributed by atoms with van der Waals surface area (Å²) in [4.78, 5) is 33.7. The predicted molar refractivity (Wildman–Crippen MR) is 113 cm³/mol. The quantitative estimate of drug-likeness (QED) is 0.416. The molecule has 32 heavy (non-hydrogen) atoms. The Bertz CT molecular complexity index is 1040. The van der Waals surface area contributed by atoms with Crippen molar-refractivity contribution >= 4 is 17.4 Å². The molecule has 168 valence electrons. The van der Waals surface area contributed by atoms with Crippen LogP contribution < -0.4 is 4.74 Å². The van der Waals surface area contributed by atoms with Gasteiger partial charge in [-0.3, -0.25) is 19.5 Å². The van der Waals surface area contributed by atoms with Gasteiger partial charge in [-0.05, 0) is 35.9 Å². The third-order valence-electron chi connectivity index (χ3n) is 5.74. The molecular weight excluding hydrogens is 417 g/mol. The molecule has 1 aromatic heterocycles. The molecule has 3 heterocycles. The number of carbonyl (C=O) groups is 2. The van der Waals surface area contributed by atoms with Crippen LogP contribution in [0.25, 0.3) is 5.76 Å². The van der Waals surface area contributed by atoms with Crippen LogP contribution in [0, 0.1) is 5.82 Å². The van der Waals surface area contributed by atoms with E-state index in [1.807, 2.05) is 0 Å². The standard InChI is InChI=1S/C23H24FN3O5/c1-31-18-3-2-16(24)14-17(18)21(28)19-20(15-4-6-25-7-5-15)27(23(30)22(19)29)9-8-26-10-12-32-13-11-26/h2-7,14,20,28H,8-13H2,1H3/t20-/m1/s1. The molecule has 9 heteroatoms. The second kappa shape index (κ2) is 9.46. The fourth-order valence-corrected chi connectivity index (χ4v) is 4.09. The summed E-state index contributed by atoms with van der Waals surface area (Å²) in [5.74, 6) is -2.42. The van der Waals surface area contributed by atoms with E-state index < -0.39 is 29.3 Å². The summed E-state index contributed by atoms with van der Waals surface area (Å²) in [7, 11) is 1.38. The number of hydrogen-bond donors (Lipinski definition) is 1. The lowest BCUT2D eigenvalue weighted by atomic mass is 9.95. The molecule has 1 atom stereocenters. The summed E-state index contributed by atoms with van der Waals surface area (Å²) in [5.41, 5.74) is 0.530. The first kappa shape index (κ1) is 21.9. The molecule has 2 aliphatic heterocycles. The van der Waals surface area contributed by atoms with Crippen LogP contribution in [0.1, 0.15) is 17.2 Å². The lowest BCUT2D eigenvalue weighted by molar-refractivity contribution is -0.140. The zero-order chi connectivity index (χ0) is 22.7. The Morgan fingerprint density at radius 2 is 1.91 bits per heavy atom. The Balaban J connectivity index is 1.76. The molecule has 1 aromatic carbocycles. The zero-order valence-corrected chi connectivity index (χ0v) is 17.7. The number of nitrogens with zero attached hydrogens (tertiary/aromatic N) is 3. The fraction of sp³-hybridized carbons (Fsp3) is 0.348. The first-order valence-electron chi connectivity index (χ1n) is 10.3. The number of ether oxygens (including phenoxy) is 2. The summed E-state index contributed by atoms with van der Waals surface area (Å²) in [6, 6.07) is 6.19. The molecule has 8 nitrogen and oxygen atoms in total. The van der Waals surface area contributed by atoms with Crippen molar-refractivity contribution in [3.05, 3.63) is 65.2 Å². The van der Waals surface area contributed by atoms with Gasteiger partial charge in [0.25, 0.3) is 11.7 Å². The number of pyridine rings is 1. The van der Waals surface area contributed by atoms with Gasteiger partial charge < -0.3 is 19.5 Å². The molecule has 4 rings (SSSR count). The molecule has 0 bridgehead atoms. The third-order valence-corrected chi connectivity index (χ3v) is 5.74. The Hall–Kier alpha value is -3.30. The van der Waals surface area contributed by atoms with Crippen LogP contribution in [0.2, 0.25) is 0 Å². The lowest BCUT2D eigenvalue weighted by Gasteiger charge is -2.31. The van der Waals surface area contributed by atoms with E-state index in [-0.39, 0.29) is 23.4 Å². The number of rotatable bonds is 6. The highest BCUT2D eigenvalue weighted by molar-refractivity contribution is 6.46. The molecule has 0 saturated carbocycles. The Morgan fingerprint density at radius 3 is 2.59 bits per heavy atom. The number of halogens is 1. The number of morpholine rings is 1. The van der Waals surface area contributed by atoms with Crippen molar-refractivity contribution in [2.75, 3.05) is 46.5 Å². The van der Waals surface area contributed by atoms with Crippen molar-refractivity contribution in [2.24, 2.45) is 0 Å². The van der Waals surface area contributed by atoms with Crippen molar-refractivity contribution in [1.29, 1.82) is 0 Å². The van der Waals surface area contributed by atoms with E-state index in [1.165, 1.54) is 24.1 Å². The maximum absolute atomic E-state index is 14.0. The number of aliphatic hydroxyl groups is 1. The van der Waals surface area contributed by atoms with Gasteiger partial charge in [0, 0.05) is 38.6 Å². The Morgan fingerprint density at radius 1 is 1.19 bits per heavy atom. The first-order valence-corrected chi connectivity index (χ1v) is 10.3. The highest BCUT2D eigenvalue weighted by Crippen LogP contribution is 2.40. The number of Topliss-reactive ketones (excluding diaryl/α,β-unsaturated/α-hetero) is 1. The molecule has 0 aliphatic carbocycles. The minimum atomic E-state index is -0.827. The van der Waals surface area contributed by atoms with Crippen LogP contribution >= 0.6 is 0 Å². The number of amides is 1. The van der Waals surface area contributed by atoms with Crippen LogP contribution in [0.15, 0.2) is 48.3 Å². The largest absolute Gasteiger partial charge is 0.507 e. The number of aliphatic hydroxyl groups excluding tert-OH is 1. The zero-order valence-electron chi connectivity index (χ0n) is 17.7. The first-order chi connectivity index (χ1) is 15.5. The van der Waals surface area contributed by atoms with Crippen LogP contribution in [0.3, 0.4) is 0 Å². The number of ketones is 1. The number of aromatic nitrogens is 1. The molecule has 2 fully saturated rings. The van der Waals surface area contributed by atoms with E-state index in [4.69, 9.17) is 9.47 Å². The van der Waals surface area contributed by atoms with Crippen molar-refractivity contribution in [1.82, 2.24) is 14.8 Å². The van der Waals surface area contributed by atoms with Gasteiger partial charge >= 0.3 is 0 Å². The van der Waals surface area contributed by atoms with E-state index in [2.05, 4.69) is 9.88 Å². The van der Waals surface area contributed by atoms with Gasteiger partial charge in [-0.15, -0.1) is 0 Å². The van der Waals surface area contributed by atoms with Crippen molar-refractivity contribution in [2.45, 2.75) is 6.04 Å². The van der Waals surface area contributed by atoms with Crippen LogP contribution in [0.4, 0.5) is 4.39 Å². The van der Waals surface area contributed by atoms with E-state index >= 15 is 0 Å². The molecule has 1 amide bonds. The lowest BCUT2D eigenvalue weighted by Crippen LogP contribution is -2.42. The maximum atomic E-state index is 14.0. The Kier molecular flexibility index (Phi) is 6.48. The van der Waals surface area contributed by atoms with Gasteiger partial charge in [-0.25, -0.2) is 4.39 Å². The highest BCUT2D eigenvalue weighted by atomic mass is 19.1. The number of hydrogen-bond acceptors (Lipinski definition) is 7. The normalized spacial score (nSPS) is 21.2. The molecule has 0 radical (unpaired) electrons. The second-order valence-corrected chi connectivity index (χ2v) is 7.57. The molecule has 0 spiro atoms. The minimum absolute atomic E-state index is 0.0118. The summed E-state index contributed by atoms with van der Waals surface area (Å²) >= 11 is 0. The van der Waals surface area contributed by atoms with Gasteiger partial charge in [0.1, 0.15) is 17.3 Å². The fourth-order valence-electron chi connectivity index (χ4n) is 4.09. The molecule has 1 N–H and O–H groups in total. The number of likely N-dealkylation sites (tertiary alicyclic amines) is 1. The molecule has 0 unspecified atom stereocenters. The summed E-state index contributed by atoms with van der Waals surface area (Å²) in [5, 5.41) is 11.1. The van der Waals surface area contributed by atoms with Crippen molar-refractivity contribution in [3.8, 4) is 5.75 Å². The van der Waals surface area contributed by atoms with Gasteiger partial charge in [0.2, 0.25) is 0 Å². The average Bonchev–Trinajstić information content (AvgIpc) is 3.08.